The third-order valence-corrected chi connectivity index (χ3v) is 4.86. The lowest BCUT2D eigenvalue weighted by molar-refractivity contribution is 0.250. The number of ether oxygens (including phenoxy) is 1. The molecule has 26 heavy (non-hydrogen) atoms. The number of benzene rings is 2. The van der Waals surface area contributed by atoms with Crippen LogP contribution in [-0.4, -0.2) is 19.2 Å². The lowest BCUT2D eigenvalue weighted by Gasteiger charge is -2.20. The van der Waals surface area contributed by atoms with Crippen LogP contribution in [0.5, 0.6) is 5.75 Å². The van der Waals surface area contributed by atoms with Crippen molar-refractivity contribution in [3.05, 3.63) is 57.0 Å². The van der Waals surface area contributed by atoms with Crippen molar-refractivity contribution in [3.8, 4) is 5.75 Å². The average molecular weight is 484 g/mol. The Hall–Kier alpha value is -1.53. The quantitative estimate of drug-likeness (QED) is 0.487. The monoisotopic (exact) mass is 482 g/mol. The van der Waals surface area contributed by atoms with Gasteiger partial charge in [0.25, 0.3) is 0 Å². The summed E-state index contributed by atoms with van der Waals surface area (Å²) >= 11 is 6.94. The Labute approximate surface area is 172 Å². The van der Waals surface area contributed by atoms with Gasteiger partial charge < -0.3 is 15.4 Å². The molecule has 0 atom stereocenters. The van der Waals surface area contributed by atoms with Crippen molar-refractivity contribution >= 4 is 43.6 Å². The molecule has 0 aromatic heterocycles. The van der Waals surface area contributed by atoms with Crippen LogP contribution in [0.4, 0.5) is 10.5 Å². The van der Waals surface area contributed by atoms with Gasteiger partial charge in [0.15, 0.2) is 0 Å². The van der Waals surface area contributed by atoms with Crippen molar-refractivity contribution in [1.29, 1.82) is 0 Å². The number of anilines is 1. The summed E-state index contributed by atoms with van der Waals surface area (Å²) < 4.78 is 7.67. The standard InChI is InChI=1S/C20H24Br2N2O2/c1-20(2,3)14-8-9-18(17(22)12-14)26-11-5-10-23-19(25)24-16-7-4-6-15(21)13-16/h4,6-9,12-13H,5,10-11H2,1-3H3,(H2,23,24,25). The fourth-order valence-electron chi connectivity index (χ4n) is 2.28. The predicted octanol–water partition coefficient (Wildman–Crippen LogP) is 6.10. The van der Waals surface area contributed by atoms with Crippen LogP contribution in [0, 0.1) is 0 Å². The van der Waals surface area contributed by atoms with Gasteiger partial charge >= 0.3 is 6.03 Å². The Morgan fingerprint density at radius 1 is 1.12 bits per heavy atom. The molecule has 0 saturated heterocycles. The minimum absolute atomic E-state index is 0.104. The molecule has 0 unspecified atom stereocenters. The lowest BCUT2D eigenvalue weighted by Crippen LogP contribution is -2.30. The van der Waals surface area contributed by atoms with Gasteiger partial charge in [-0.05, 0) is 63.7 Å². The highest BCUT2D eigenvalue weighted by Gasteiger charge is 2.15. The molecule has 6 heteroatoms. The van der Waals surface area contributed by atoms with Crippen LogP contribution in [0.25, 0.3) is 0 Å². The van der Waals surface area contributed by atoms with Crippen LogP contribution in [-0.2, 0) is 5.41 Å². The molecule has 0 saturated carbocycles. The van der Waals surface area contributed by atoms with E-state index in [-0.39, 0.29) is 11.4 Å². The third kappa shape index (κ3) is 6.65. The summed E-state index contributed by atoms with van der Waals surface area (Å²) in [5.74, 6) is 0.816. The Morgan fingerprint density at radius 2 is 1.88 bits per heavy atom. The Bertz CT molecular complexity index is 758. The fourth-order valence-corrected chi connectivity index (χ4v) is 3.17. The number of carbonyl (C=O) groups is 1. The average Bonchev–Trinajstić information content (AvgIpc) is 2.55. The zero-order valence-corrected chi connectivity index (χ0v) is 18.4. The molecule has 2 aromatic rings. The van der Waals surface area contributed by atoms with Crippen molar-refractivity contribution in [2.45, 2.75) is 32.6 Å². The van der Waals surface area contributed by atoms with E-state index in [9.17, 15) is 4.79 Å². The second kappa shape index (κ2) is 9.42. The van der Waals surface area contributed by atoms with Gasteiger partial charge in [0, 0.05) is 16.7 Å². The summed E-state index contributed by atoms with van der Waals surface area (Å²) in [7, 11) is 0. The number of hydrogen-bond acceptors (Lipinski definition) is 2. The van der Waals surface area contributed by atoms with Gasteiger partial charge in [0.2, 0.25) is 0 Å². The van der Waals surface area contributed by atoms with Crippen LogP contribution >= 0.6 is 31.9 Å². The maximum atomic E-state index is 11.9. The van der Waals surface area contributed by atoms with E-state index in [1.807, 2.05) is 30.3 Å². The first-order valence-corrected chi connectivity index (χ1v) is 10.1. The maximum Gasteiger partial charge on any atom is 0.319 e. The highest BCUT2D eigenvalue weighted by atomic mass is 79.9. The summed E-state index contributed by atoms with van der Waals surface area (Å²) in [6.45, 7) is 7.61. The van der Waals surface area contributed by atoms with E-state index in [2.05, 4.69) is 75.4 Å². The van der Waals surface area contributed by atoms with Crippen molar-refractivity contribution in [1.82, 2.24) is 5.32 Å². The predicted molar refractivity (Wildman–Crippen MR) is 114 cm³/mol. The smallest absolute Gasteiger partial charge is 0.319 e. The Balaban J connectivity index is 1.71. The molecule has 2 N–H and O–H groups in total. The van der Waals surface area contributed by atoms with E-state index < -0.39 is 0 Å². The first-order valence-electron chi connectivity index (χ1n) is 8.49. The van der Waals surface area contributed by atoms with Gasteiger partial charge in [0.05, 0.1) is 11.1 Å². The second-order valence-corrected chi connectivity index (χ2v) is 8.76. The number of nitrogens with one attached hydrogen (secondary N) is 2. The van der Waals surface area contributed by atoms with E-state index in [1.54, 1.807) is 0 Å². The van der Waals surface area contributed by atoms with Gasteiger partial charge in [-0.15, -0.1) is 0 Å². The summed E-state index contributed by atoms with van der Waals surface area (Å²) in [6, 6.07) is 13.4. The number of carbonyl (C=O) groups excluding carboxylic acids is 1. The van der Waals surface area contributed by atoms with E-state index in [1.165, 1.54) is 5.56 Å². The maximum absolute atomic E-state index is 11.9. The molecule has 4 nitrogen and oxygen atoms in total. The molecular weight excluding hydrogens is 460 g/mol. The molecule has 0 aliphatic rings. The molecule has 0 aliphatic carbocycles. The van der Waals surface area contributed by atoms with Gasteiger partial charge in [-0.3, -0.25) is 0 Å². The summed E-state index contributed by atoms with van der Waals surface area (Å²) in [5, 5.41) is 5.62. The van der Waals surface area contributed by atoms with Crippen molar-refractivity contribution in [3.63, 3.8) is 0 Å². The minimum Gasteiger partial charge on any atom is -0.492 e. The molecule has 0 bridgehead atoms. The number of rotatable bonds is 6. The molecule has 0 spiro atoms. The molecule has 0 aliphatic heterocycles. The Morgan fingerprint density at radius 3 is 2.54 bits per heavy atom. The van der Waals surface area contributed by atoms with Gasteiger partial charge in [-0.2, -0.15) is 0 Å². The molecule has 140 valence electrons. The number of amides is 2. The first-order chi connectivity index (χ1) is 12.3. The largest absolute Gasteiger partial charge is 0.492 e. The molecular formula is C20H24Br2N2O2. The molecule has 0 heterocycles. The normalized spacial score (nSPS) is 11.1. The van der Waals surface area contributed by atoms with Crippen molar-refractivity contribution in [2.24, 2.45) is 0 Å². The third-order valence-electron chi connectivity index (χ3n) is 3.74. The second-order valence-electron chi connectivity index (χ2n) is 6.99. The lowest BCUT2D eigenvalue weighted by atomic mass is 9.87. The fraction of sp³-hybridized carbons (Fsp3) is 0.350. The number of hydrogen-bond donors (Lipinski definition) is 2. The van der Waals surface area contributed by atoms with Gasteiger partial charge in [0.1, 0.15) is 5.75 Å². The van der Waals surface area contributed by atoms with E-state index in [0.717, 1.165) is 26.8 Å². The van der Waals surface area contributed by atoms with Crippen LogP contribution < -0.4 is 15.4 Å². The van der Waals surface area contributed by atoms with Crippen LogP contribution in [0.1, 0.15) is 32.8 Å². The summed E-state index contributed by atoms with van der Waals surface area (Å²) in [4.78, 5) is 11.9. The minimum atomic E-state index is -0.223. The molecule has 2 amide bonds. The molecule has 2 aromatic carbocycles. The van der Waals surface area contributed by atoms with E-state index in [0.29, 0.717) is 13.2 Å². The number of halogens is 2. The SMILES string of the molecule is CC(C)(C)c1ccc(OCCCNC(=O)Nc2cccc(Br)c2)c(Br)c1. The summed E-state index contributed by atoms with van der Waals surface area (Å²) in [6.07, 6.45) is 0.722. The van der Waals surface area contributed by atoms with Crippen LogP contribution in [0.2, 0.25) is 0 Å². The highest BCUT2D eigenvalue weighted by Crippen LogP contribution is 2.31. The van der Waals surface area contributed by atoms with E-state index >= 15 is 0 Å². The molecule has 0 fully saturated rings. The molecule has 2 rings (SSSR count). The van der Waals surface area contributed by atoms with Gasteiger partial charge in [-0.25, -0.2) is 4.79 Å². The topological polar surface area (TPSA) is 50.4 Å². The first kappa shape index (κ1) is 20.8. The van der Waals surface area contributed by atoms with Crippen molar-refractivity contribution in [2.75, 3.05) is 18.5 Å². The van der Waals surface area contributed by atoms with E-state index in [4.69, 9.17) is 4.74 Å². The molecule has 0 radical (unpaired) electrons. The van der Waals surface area contributed by atoms with Crippen LogP contribution in [0.15, 0.2) is 51.4 Å². The highest BCUT2D eigenvalue weighted by molar-refractivity contribution is 9.10. The van der Waals surface area contributed by atoms with Crippen molar-refractivity contribution < 1.29 is 9.53 Å². The number of urea groups is 1. The zero-order valence-electron chi connectivity index (χ0n) is 15.2. The zero-order chi connectivity index (χ0) is 19.2. The Kier molecular flexibility index (Phi) is 7.53. The van der Waals surface area contributed by atoms with Crippen LogP contribution in [0.3, 0.4) is 0 Å². The van der Waals surface area contributed by atoms with Gasteiger partial charge in [-0.1, -0.05) is 48.8 Å². The summed E-state index contributed by atoms with van der Waals surface area (Å²) in [5.41, 5.74) is 2.10.